The first kappa shape index (κ1) is 13.7. The number of alkyl halides is 1. The molecule has 2 nitrogen and oxygen atoms in total. The van der Waals surface area contributed by atoms with Gasteiger partial charge in [-0.3, -0.25) is 0 Å². The van der Waals surface area contributed by atoms with Gasteiger partial charge in [0, 0.05) is 6.42 Å². The van der Waals surface area contributed by atoms with Crippen LogP contribution < -0.4 is 4.74 Å². The predicted molar refractivity (Wildman–Crippen MR) is 74.4 cm³/mol. The number of rotatable bonds is 4. The second-order valence-electron chi connectivity index (χ2n) is 4.93. The average molecular weight is 269 g/mol. The van der Waals surface area contributed by atoms with Crippen molar-refractivity contribution >= 4 is 11.6 Å². The van der Waals surface area contributed by atoms with E-state index in [0.29, 0.717) is 12.5 Å². The van der Waals surface area contributed by atoms with Crippen LogP contribution >= 0.6 is 11.6 Å². The van der Waals surface area contributed by atoms with Gasteiger partial charge in [0.2, 0.25) is 0 Å². The summed E-state index contributed by atoms with van der Waals surface area (Å²) >= 11 is 5.98. The maximum Gasteiger partial charge on any atom is 0.199 e. The van der Waals surface area contributed by atoms with Gasteiger partial charge in [-0.25, -0.2) is 0 Å². The van der Waals surface area contributed by atoms with Gasteiger partial charge in [0.1, 0.15) is 5.75 Å². The van der Waals surface area contributed by atoms with Crippen LogP contribution in [-0.4, -0.2) is 18.3 Å². The van der Waals surface area contributed by atoms with Crippen molar-refractivity contribution in [3.8, 4) is 5.75 Å². The standard InChI is InChI=1S/C15H21ClO2/c1-3-11(2)12-4-7-14(8-5-12)18-15-9-6-13(16)10-17-15/h4-5,7-8,11,13,15H,3,6,9-10H2,1-2H3. The van der Waals surface area contributed by atoms with E-state index < -0.39 is 0 Å². The summed E-state index contributed by atoms with van der Waals surface area (Å²) in [7, 11) is 0. The molecule has 0 bridgehead atoms. The molecule has 3 atom stereocenters. The van der Waals surface area contributed by atoms with Gasteiger partial charge in [-0.15, -0.1) is 11.6 Å². The molecule has 0 aliphatic carbocycles. The van der Waals surface area contributed by atoms with Crippen molar-refractivity contribution in [2.45, 2.75) is 50.7 Å². The zero-order chi connectivity index (χ0) is 13.0. The maximum atomic E-state index is 5.98. The van der Waals surface area contributed by atoms with Crippen molar-refractivity contribution in [2.24, 2.45) is 0 Å². The largest absolute Gasteiger partial charge is 0.465 e. The molecular weight excluding hydrogens is 248 g/mol. The fourth-order valence-corrected chi connectivity index (χ4v) is 2.25. The van der Waals surface area contributed by atoms with Crippen LogP contribution in [0.15, 0.2) is 24.3 Å². The molecule has 18 heavy (non-hydrogen) atoms. The summed E-state index contributed by atoms with van der Waals surface area (Å²) in [5.41, 5.74) is 1.36. The first-order valence-corrected chi connectivity index (χ1v) is 7.15. The Morgan fingerprint density at radius 1 is 1.33 bits per heavy atom. The van der Waals surface area contributed by atoms with Crippen LogP contribution in [0.4, 0.5) is 0 Å². The second-order valence-corrected chi connectivity index (χ2v) is 5.55. The van der Waals surface area contributed by atoms with E-state index in [-0.39, 0.29) is 11.7 Å². The van der Waals surface area contributed by atoms with Crippen LogP contribution in [0.3, 0.4) is 0 Å². The number of hydrogen-bond donors (Lipinski definition) is 0. The van der Waals surface area contributed by atoms with Crippen LogP contribution in [0.5, 0.6) is 5.75 Å². The molecule has 1 aliphatic heterocycles. The highest BCUT2D eigenvalue weighted by Gasteiger charge is 2.21. The first-order valence-electron chi connectivity index (χ1n) is 6.71. The summed E-state index contributed by atoms with van der Waals surface area (Å²) in [4.78, 5) is 0. The molecule has 0 N–H and O–H groups in total. The predicted octanol–water partition coefficient (Wildman–Crippen LogP) is 4.32. The summed E-state index contributed by atoms with van der Waals surface area (Å²) in [5.74, 6) is 1.47. The van der Waals surface area contributed by atoms with E-state index in [2.05, 4.69) is 26.0 Å². The second kappa shape index (κ2) is 6.44. The average Bonchev–Trinajstić information content (AvgIpc) is 2.41. The number of ether oxygens (including phenoxy) is 2. The minimum atomic E-state index is -0.144. The molecule has 3 unspecified atom stereocenters. The molecule has 0 spiro atoms. The summed E-state index contributed by atoms with van der Waals surface area (Å²) in [5, 5.41) is 0.137. The Labute approximate surface area is 114 Å². The highest BCUT2D eigenvalue weighted by atomic mass is 35.5. The molecule has 0 amide bonds. The van der Waals surface area contributed by atoms with E-state index in [1.807, 2.05) is 12.1 Å². The van der Waals surface area contributed by atoms with Crippen LogP contribution in [0, 0.1) is 0 Å². The van der Waals surface area contributed by atoms with Crippen LogP contribution in [0.1, 0.15) is 44.6 Å². The Morgan fingerprint density at radius 3 is 2.61 bits per heavy atom. The Balaban J connectivity index is 1.90. The van der Waals surface area contributed by atoms with E-state index >= 15 is 0 Å². The fraction of sp³-hybridized carbons (Fsp3) is 0.600. The van der Waals surface area contributed by atoms with Gasteiger partial charge < -0.3 is 9.47 Å². The quantitative estimate of drug-likeness (QED) is 0.757. The van der Waals surface area contributed by atoms with E-state index in [4.69, 9.17) is 21.1 Å². The molecule has 100 valence electrons. The molecule has 1 aromatic rings. The molecule has 2 rings (SSSR count). The summed E-state index contributed by atoms with van der Waals surface area (Å²) in [6.45, 7) is 5.02. The van der Waals surface area contributed by atoms with Crippen LogP contribution in [0.25, 0.3) is 0 Å². The smallest absolute Gasteiger partial charge is 0.199 e. The fourth-order valence-electron chi connectivity index (χ4n) is 2.05. The van der Waals surface area contributed by atoms with Crippen molar-refractivity contribution in [3.63, 3.8) is 0 Å². The van der Waals surface area contributed by atoms with Gasteiger partial charge in [-0.1, -0.05) is 26.0 Å². The minimum Gasteiger partial charge on any atom is -0.465 e. The molecule has 1 aliphatic rings. The molecular formula is C15H21ClO2. The Kier molecular flexibility index (Phi) is 4.90. The molecule has 1 heterocycles. The van der Waals surface area contributed by atoms with Gasteiger partial charge in [-0.05, 0) is 36.5 Å². The third kappa shape index (κ3) is 3.63. The number of hydrogen-bond acceptors (Lipinski definition) is 2. The molecule has 1 saturated heterocycles. The van der Waals surface area contributed by atoms with E-state index in [9.17, 15) is 0 Å². The molecule has 1 aromatic carbocycles. The van der Waals surface area contributed by atoms with Crippen LogP contribution in [0.2, 0.25) is 0 Å². The van der Waals surface area contributed by atoms with Gasteiger partial charge >= 0.3 is 0 Å². The van der Waals surface area contributed by atoms with Crippen LogP contribution in [-0.2, 0) is 4.74 Å². The molecule has 0 radical (unpaired) electrons. The maximum absolute atomic E-state index is 5.98. The number of halogens is 1. The topological polar surface area (TPSA) is 18.5 Å². The van der Waals surface area contributed by atoms with Gasteiger partial charge in [0.05, 0.1) is 12.0 Å². The monoisotopic (exact) mass is 268 g/mol. The van der Waals surface area contributed by atoms with Gasteiger partial charge in [-0.2, -0.15) is 0 Å². The van der Waals surface area contributed by atoms with E-state index in [0.717, 1.165) is 25.0 Å². The third-order valence-electron chi connectivity index (χ3n) is 3.51. The lowest BCUT2D eigenvalue weighted by atomic mass is 9.99. The Hall–Kier alpha value is -0.730. The lowest BCUT2D eigenvalue weighted by Gasteiger charge is -2.26. The summed E-state index contributed by atoms with van der Waals surface area (Å²) in [6, 6.07) is 8.32. The zero-order valence-electron chi connectivity index (χ0n) is 11.1. The van der Waals surface area contributed by atoms with E-state index in [1.54, 1.807) is 0 Å². The van der Waals surface area contributed by atoms with Crippen molar-refractivity contribution in [1.29, 1.82) is 0 Å². The lowest BCUT2D eigenvalue weighted by molar-refractivity contribution is -0.104. The number of benzene rings is 1. The minimum absolute atomic E-state index is 0.137. The van der Waals surface area contributed by atoms with E-state index in [1.165, 1.54) is 5.56 Å². The summed E-state index contributed by atoms with van der Waals surface area (Å²) in [6.07, 6.45) is 2.83. The molecule has 0 aromatic heterocycles. The third-order valence-corrected chi connectivity index (χ3v) is 3.85. The Morgan fingerprint density at radius 2 is 2.06 bits per heavy atom. The normalized spacial score (nSPS) is 25.7. The molecule has 0 saturated carbocycles. The Bertz CT molecular complexity index is 355. The van der Waals surface area contributed by atoms with Crippen molar-refractivity contribution < 1.29 is 9.47 Å². The highest BCUT2D eigenvalue weighted by Crippen LogP contribution is 2.24. The van der Waals surface area contributed by atoms with Gasteiger partial charge in [0.15, 0.2) is 6.29 Å². The SMILES string of the molecule is CCC(C)c1ccc(OC2CCC(Cl)CO2)cc1. The molecule has 3 heteroatoms. The lowest BCUT2D eigenvalue weighted by Crippen LogP contribution is -2.30. The molecule has 1 fully saturated rings. The zero-order valence-corrected chi connectivity index (χ0v) is 11.8. The first-order chi connectivity index (χ1) is 8.69. The van der Waals surface area contributed by atoms with Crippen molar-refractivity contribution in [1.82, 2.24) is 0 Å². The highest BCUT2D eigenvalue weighted by molar-refractivity contribution is 6.20. The van der Waals surface area contributed by atoms with Crippen molar-refractivity contribution in [2.75, 3.05) is 6.61 Å². The van der Waals surface area contributed by atoms with Crippen molar-refractivity contribution in [3.05, 3.63) is 29.8 Å². The summed E-state index contributed by atoms with van der Waals surface area (Å²) < 4.78 is 11.3. The van der Waals surface area contributed by atoms with Gasteiger partial charge in [0.25, 0.3) is 0 Å².